The predicted octanol–water partition coefficient (Wildman–Crippen LogP) is 3.83. The first kappa shape index (κ1) is 15.7. The molecule has 0 amide bonds. The van der Waals surface area contributed by atoms with Crippen molar-refractivity contribution in [3.63, 3.8) is 0 Å². The van der Waals surface area contributed by atoms with Crippen LogP contribution in [0.15, 0.2) is 42.5 Å². The summed E-state index contributed by atoms with van der Waals surface area (Å²) in [5.74, 6) is -0.223. The molecule has 0 aliphatic carbocycles. The zero-order valence-electron chi connectivity index (χ0n) is 11.6. The van der Waals surface area contributed by atoms with Gasteiger partial charge in [-0.2, -0.15) is 0 Å². The van der Waals surface area contributed by atoms with E-state index in [-0.39, 0.29) is 6.04 Å². The minimum absolute atomic E-state index is 0.139. The van der Waals surface area contributed by atoms with Gasteiger partial charge in [-0.1, -0.05) is 17.7 Å². The fraction of sp³-hybridized carbons (Fsp3) is 0.250. The third-order valence-electron chi connectivity index (χ3n) is 3.13. The molecule has 1 N–H and O–H groups in total. The minimum atomic E-state index is -0.447. The van der Waals surface area contributed by atoms with Crippen molar-refractivity contribution in [3.8, 4) is 5.75 Å². The van der Waals surface area contributed by atoms with E-state index < -0.39 is 11.6 Å². The Morgan fingerprint density at radius 1 is 1.19 bits per heavy atom. The van der Waals surface area contributed by atoms with Crippen LogP contribution in [0.5, 0.6) is 5.75 Å². The second-order valence-corrected chi connectivity index (χ2v) is 5.13. The van der Waals surface area contributed by atoms with Gasteiger partial charge in [-0.25, -0.2) is 8.78 Å². The molecule has 2 aromatic rings. The summed E-state index contributed by atoms with van der Waals surface area (Å²) in [6, 6.07) is 10.4. The highest BCUT2D eigenvalue weighted by atomic mass is 35.5. The molecule has 5 heteroatoms. The summed E-state index contributed by atoms with van der Waals surface area (Å²) in [7, 11) is 1.75. The lowest BCUT2D eigenvalue weighted by Crippen LogP contribution is -2.34. The van der Waals surface area contributed by atoms with Crippen LogP contribution >= 0.6 is 11.6 Å². The largest absolute Gasteiger partial charge is 0.492 e. The van der Waals surface area contributed by atoms with E-state index in [1.807, 2.05) is 0 Å². The minimum Gasteiger partial charge on any atom is -0.492 e. The second kappa shape index (κ2) is 7.38. The summed E-state index contributed by atoms with van der Waals surface area (Å²) in [6.45, 7) is 0.326. The maximum Gasteiger partial charge on any atom is 0.126 e. The van der Waals surface area contributed by atoms with Crippen LogP contribution < -0.4 is 10.1 Å². The van der Waals surface area contributed by atoms with Crippen LogP contribution in [0.2, 0.25) is 5.02 Å². The van der Waals surface area contributed by atoms with Gasteiger partial charge in [0.05, 0.1) is 0 Å². The van der Waals surface area contributed by atoms with Gasteiger partial charge in [-0.15, -0.1) is 0 Å². The normalized spacial score (nSPS) is 12.2. The third kappa shape index (κ3) is 4.69. The summed E-state index contributed by atoms with van der Waals surface area (Å²) >= 11 is 5.88. The first-order valence-corrected chi connectivity index (χ1v) is 6.96. The molecule has 2 aromatic carbocycles. The second-order valence-electron chi connectivity index (χ2n) is 4.69. The van der Waals surface area contributed by atoms with Crippen LogP contribution in [0.3, 0.4) is 0 Å². The Balaban J connectivity index is 1.98. The van der Waals surface area contributed by atoms with E-state index in [9.17, 15) is 8.78 Å². The molecule has 0 spiro atoms. The molecular weight excluding hydrogens is 296 g/mol. The van der Waals surface area contributed by atoms with Crippen molar-refractivity contribution in [2.75, 3.05) is 13.7 Å². The summed E-state index contributed by atoms with van der Waals surface area (Å²) in [6.07, 6.45) is 0.334. The quantitative estimate of drug-likeness (QED) is 0.875. The van der Waals surface area contributed by atoms with Crippen LogP contribution in [0, 0.1) is 11.6 Å². The van der Waals surface area contributed by atoms with Crippen LogP contribution in [-0.4, -0.2) is 19.7 Å². The Morgan fingerprint density at radius 2 is 2.00 bits per heavy atom. The number of halogens is 3. The van der Waals surface area contributed by atoms with Crippen molar-refractivity contribution in [3.05, 3.63) is 64.7 Å². The van der Waals surface area contributed by atoms with Crippen LogP contribution in [0.4, 0.5) is 8.78 Å². The van der Waals surface area contributed by atoms with Crippen molar-refractivity contribution < 1.29 is 13.5 Å². The smallest absolute Gasteiger partial charge is 0.126 e. The fourth-order valence-corrected chi connectivity index (χ4v) is 2.14. The van der Waals surface area contributed by atoms with Gasteiger partial charge in [0, 0.05) is 11.1 Å². The molecule has 0 radical (unpaired) electrons. The molecule has 2 nitrogen and oxygen atoms in total. The number of nitrogens with one attached hydrogen (secondary N) is 1. The molecule has 0 heterocycles. The zero-order valence-corrected chi connectivity index (χ0v) is 12.3. The first-order valence-electron chi connectivity index (χ1n) is 6.58. The number of hydrogen-bond donors (Lipinski definition) is 1. The van der Waals surface area contributed by atoms with Crippen LogP contribution in [-0.2, 0) is 6.42 Å². The summed E-state index contributed by atoms with van der Waals surface area (Å²) in [5, 5.41) is 3.62. The molecule has 0 bridgehead atoms. The Morgan fingerprint density at radius 3 is 2.71 bits per heavy atom. The van der Waals surface area contributed by atoms with E-state index in [4.69, 9.17) is 16.3 Å². The van der Waals surface area contributed by atoms with Crippen molar-refractivity contribution in [2.24, 2.45) is 0 Å². The van der Waals surface area contributed by atoms with E-state index in [0.717, 1.165) is 12.1 Å². The summed E-state index contributed by atoms with van der Waals surface area (Å²) in [5.41, 5.74) is 0.323. The molecular formula is C16H16ClF2NO. The van der Waals surface area contributed by atoms with Gasteiger partial charge in [-0.05, 0) is 55.4 Å². The highest BCUT2D eigenvalue weighted by Gasteiger charge is 2.12. The van der Waals surface area contributed by atoms with Gasteiger partial charge in [0.25, 0.3) is 0 Å². The monoisotopic (exact) mass is 311 g/mol. The molecule has 1 unspecified atom stereocenters. The molecule has 0 saturated carbocycles. The third-order valence-corrected chi connectivity index (χ3v) is 3.36. The molecule has 0 aromatic heterocycles. The molecule has 112 valence electrons. The summed E-state index contributed by atoms with van der Waals surface area (Å²) in [4.78, 5) is 0. The Bertz CT molecular complexity index is 607. The number of ether oxygens (including phenoxy) is 1. The fourth-order valence-electron chi connectivity index (χ4n) is 1.96. The molecule has 0 aliphatic rings. The molecule has 2 rings (SSSR count). The van der Waals surface area contributed by atoms with Crippen molar-refractivity contribution in [1.29, 1.82) is 0 Å². The number of hydrogen-bond acceptors (Lipinski definition) is 2. The van der Waals surface area contributed by atoms with Crippen LogP contribution in [0.1, 0.15) is 5.56 Å². The lowest BCUT2D eigenvalue weighted by atomic mass is 10.1. The standard InChI is InChI=1S/C16H16ClF2NO/c1-20-14(8-11-7-13(18)5-6-16(11)19)10-21-15-4-2-3-12(17)9-15/h2-7,9,14,20H,8,10H2,1H3. The maximum atomic E-state index is 13.6. The topological polar surface area (TPSA) is 21.3 Å². The molecule has 0 saturated heterocycles. The van der Waals surface area contributed by atoms with E-state index >= 15 is 0 Å². The average molecular weight is 312 g/mol. The Kier molecular flexibility index (Phi) is 5.53. The van der Waals surface area contributed by atoms with Gasteiger partial charge in [0.2, 0.25) is 0 Å². The van der Waals surface area contributed by atoms with Crippen LogP contribution in [0.25, 0.3) is 0 Å². The average Bonchev–Trinajstić information content (AvgIpc) is 2.47. The lowest BCUT2D eigenvalue weighted by Gasteiger charge is -2.17. The zero-order chi connectivity index (χ0) is 15.2. The van der Waals surface area contributed by atoms with E-state index in [1.54, 1.807) is 31.3 Å². The molecule has 0 fully saturated rings. The lowest BCUT2D eigenvalue weighted by molar-refractivity contribution is 0.269. The Hall–Kier alpha value is -1.65. The first-order chi connectivity index (χ1) is 10.1. The van der Waals surface area contributed by atoms with Crippen molar-refractivity contribution in [2.45, 2.75) is 12.5 Å². The van der Waals surface area contributed by atoms with Gasteiger partial charge < -0.3 is 10.1 Å². The van der Waals surface area contributed by atoms with E-state index in [0.29, 0.717) is 29.4 Å². The highest BCUT2D eigenvalue weighted by molar-refractivity contribution is 6.30. The molecule has 0 aliphatic heterocycles. The SMILES string of the molecule is CNC(COc1cccc(Cl)c1)Cc1cc(F)ccc1F. The Labute approximate surface area is 127 Å². The van der Waals surface area contributed by atoms with Crippen molar-refractivity contribution in [1.82, 2.24) is 5.32 Å². The molecule has 21 heavy (non-hydrogen) atoms. The van der Waals surface area contributed by atoms with E-state index in [2.05, 4.69) is 5.32 Å². The number of rotatable bonds is 6. The number of likely N-dealkylation sites (N-methyl/N-ethyl adjacent to an activating group) is 1. The number of benzene rings is 2. The highest BCUT2D eigenvalue weighted by Crippen LogP contribution is 2.18. The van der Waals surface area contributed by atoms with Gasteiger partial charge in [-0.3, -0.25) is 0 Å². The van der Waals surface area contributed by atoms with E-state index in [1.165, 1.54) is 6.07 Å². The maximum absolute atomic E-state index is 13.6. The van der Waals surface area contributed by atoms with Gasteiger partial charge >= 0.3 is 0 Å². The van der Waals surface area contributed by atoms with Gasteiger partial charge in [0.15, 0.2) is 0 Å². The predicted molar refractivity (Wildman–Crippen MR) is 79.9 cm³/mol. The van der Waals surface area contributed by atoms with Crippen molar-refractivity contribution >= 4 is 11.6 Å². The summed E-state index contributed by atoms with van der Waals surface area (Å²) < 4.78 is 32.4. The van der Waals surface area contributed by atoms with Gasteiger partial charge in [0.1, 0.15) is 24.0 Å². The molecule has 1 atom stereocenters.